The summed E-state index contributed by atoms with van der Waals surface area (Å²) in [5.74, 6) is 0. The van der Waals surface area contributed by atoms with Crippen LogP contribution in [-0.2, 0) is 0 Å². The first-order valence-corrected chi connectivity index (χ1v) is 19.8. The first-order valence-electron chi connectivity index (χ1n) is 19.8. The van der Waals surface area contributed by atoms with Crippen molar-refractivity contribution >= 4 is 87.4 Å². The second-order valence-corrected chi connectivity index (χ2v) is 15.3. The van der Waals surface area contributed by atoms with Gasteiger partial charge < -0.3 is 18.1 Å². The second kappa shape index (κ2) is 11.8. The SMILES string of the molecule is c1ccc(-n2c3ccccc3c3cc4c5ccc(-c6ccc7c(c6)c6ccc8c9ccccc9oc8c6n7-c6ccccc6)cc5n(-c5ccccc5)c4cc32)cc1. The van der Waals surface area contributed by atoms with Crippen LogP contribution in [0.4, 0.5) is 0 Å². The van der Waals surface area contributed by atoms with Crippen molar-refractivity contribution in [2.45, 2.75) is 0 Å². The van der Waals surface area contributed by atoms with Gasteiger partial charge in [0, 0.05) is 60.2 Å². The van der Waals surface area contributed by atoms with Crippen molar-refractivity contribution in [2.24, 2.45) is 0 Å². The van der Waals surface area contributed by atoms with E-state index in [2.05, 4.69) is 208 Å². The lowest BCUT2D eigenvalue weighted by Crippen LogP contribution is -1.95. The summed E-state index contributed by atoms with van der Waals surface area (Å²) in [6, 6.07) is 72.5. The van der Waals surface area contributed by atoms with E-state index in [0.717, 1.165) is 50.0 Å². The Morgan fingerprint density at radius 2 is 0.759 bits per heavy atom. The van der Waals surface area contributed by atoms with Crippen molar-refractivity contribution in [1.29, 1.82) is 0 Å². The Hall–Kier alpha value is -7.82. The molecule has 0 unspecified atom stereocenters. The van der Waals surface area contributed by atoms with E-state index in [1.54, 1.807) is 0 Å². The van der Waals surface area contributed by atoms with E-state index in [1.165, 1.54) is 65.5 Å². The molecule has 0 bridgehead atoms. The third kappa shape index (κ3) is 4.34. The molecule has 4 aromatic heterocycles. The quantitative estimate of drug-likeness (QED) is 0.177. The van der Waals surface area contributed by atoms with Gasteiger partial charge >= 0.3 is 0 Å². The molecule has 0 saturated carbocycles. The highest BCUT2D eigenvalue weighted by Gasteiger charge is 2.22. The minimum atomic E-state index is 0.903. The van der Waals surface area contributed by atoms with Crippen LogP contribution in [0.25, 0.3) is 116 Å². The molecule has 270 valence electrons. The number of hydrogen-bond acceptors (Lipinski definition) is 1. The van der Waals surface area contributed by atoms with Crippen molar-refractivity contribution in [2.75, 3.05) is 0 Å². The van der Waals surface area contributed by atoms with Gasteiger partial charge in [-0.25, -0.2) is 0 Å². The van der Waals surface area contributed by atoms with Gasteiger partial charge in [0.1, 0.15) is 5.58 Å². The van der Waals surface area contributed by atoms with Crippen molar-refractivity contribution < 1.29 is 4.42 Å². The first kappa shape index (κ1) is 31.4. The van der Waals surface area contributed by atoms with Gasteiger partial charge in [0.15, 0.2) is 5.58 Å². The molecule has 0 aliphatic rings. The molecule has 0 saturated heterocycles. The molecule has 0 amide bonds. The molecule has 0 aliphatic heterocycles. The summed E-state index contributed by atoms with van der Waals surface area (Å²) in [5.41, 5.74) is 14.6. The molecule has 4 heterocycles. The molecular formula is C54H33N3O. The fraction of sp³-hybridized carbons (Fsp3) is 0. The molecule has 0 atom stereocenters. The van der Waals surface area contributed by atoms with Crippen LogP contribution in [0, 0.1) is 0 Å². The van der Waals surface area contributed by atoms with Crippen LogP contribution in [0.5, 0.6) is 0 Å². The molecule has 0 fully saturated rings. The second-order valence-electron chi connectivity index (χ2n) is 15.3. The molecule has 0 radical (unpaired) electrons. The molecule has 9 aromatic carbocycles. The van der Waals surface area contributed by atoms with Crippen molar-refractivity contribution in [3.8, 4) is 28.2 Å². The van der Waals surface area contributed by atoms with Gasteiger partial charge in [0.05, 0.1) is 33.1 Å². The zero-order valence-corrected chi connectivity index (χ0v) is 31.3. The third-order valence-corrected chi connectivity index (χ3v) is 12.2. The lowest BCUT2D eigenvalue weighted by molar-refractivity contribution is 0.671. The lowest BCUT2D eigenvalue weighted by atomic mass is 10.0. The zero-order chi connectivity index (χ0) is 37.9. The number of aromatic nitrogens is 3. The highest BCUT2D eigenvalue weighted by molar-refractivity contribution is 6.23. The average Bonchev–Trinajstić information content (AvgIpc) is 4.02. The molecule has 13 aromatic rings. The Balaban J connectivity index is 1.08. The zero-order valence-electron chi connectivity index (χ0n) is 31.3. The standard InChI is InChI=1S/C54H33N3O/c1-4-14-36(15-5-1)55-47-22-12-10-20-39(47)45-32-46-40-26-24-35(31-49(40)56(51(46)33-50(45)55)37-16-6-2-7-17-37)34-25-29-48-44(30-34)42-27-28-43-41-21-11-13-23-52(41)58-54(43)53(42)57(48)38-18-8-3-9-19-38/h1-33H. The number of para-hydroxylation sites is 5. The Bertz CT molecular complexity index is 3770. The van der Waals surface area contributed by atoms with Crippen LogP contribution in [-0.4, -0.2) is 13.7 Å². The van der Waals surface area contributed by atoms with E-state index in [9.17, 15) is 0 Å². The maximum absolute atomic E-state index is 6.66. The summed E-state index contributed by atoms with van der Waals surface area (Å²) in [7, 11) is 0. The van der Waals surface area contributed by atoms with Crippen LogP contribution in [0.2, 0.25) is 0 Å². The molecule has 0 spiro atoms. The Labute approximate surface area is 332 Å². The fourth-order valence-corrected chi connectivity index (χ4v) is 9.68. The van der Waals surface area contributed by atoms with Crippen LogP contribution < -0.4 is 0 Å². The summed E-state index contributed by atoms with van der Waals surface area (Å²) >= 11 is 0. The van der Waals surface area contributed by atoms with Crippen molar-refractivity contribution in [3.05, 3.63) is 200 Å². The van der Waals surface area contributed by atoms with Gasteiger partial charge in [-0.2, -0.15) is 0 Å². The number of rotatable bonds is 4. The summed E-state index contributed by atoms with van der Waals surface area (Å²) in [6.45, 7) is 0. The van der Waals surface area contributed by atoms with Gasteiger partial charge in [-0.1, -0.05) is 115 Å². The van der Waals surface area contributed by atoms with Crippen LogP contribution in [0.3, 0.4) is 0 Å². The summed E-state index contributed by atoms with van der Waals surface area (Å²) in [5, 5.41) is 9.60. The highest BCUT2D eigenvalue weighted by Crippen LogP contribution is 2.43. The number of furan rings is 1. The lowest BCUT2D eigenvalue weighted by Gasteiger charge is -2.11. The first-order chi connectivity index (χ1) is 28.8. The molecular weight excluding hydrogens is 707 g/mol. The van der Waals surface area contributed by atoms with Crippen LogP contribution in [0.1, 0.15) is 0 Å². The average molecular weight is 740 g/mol. The molecule has 4 heteroatoms. The Morgan fingerprint density at radius 1 is 0.276 bits per heavy atom. The predicted molar refractivity (Wildman–Crippen MR) is 242 cm³/mol. The molecule has 13 rings (SSSR count). The van der Waals surface area contributed by atoms with E-state index in [-0.39, 0.29) is 0 Å². The number of fused-ring (bicyclic) bond motifs is 13. The fourth-order valence-electron chi connectivity index (χ4n) is 9.68. The Kier molecular flexibility index (Phi) is 6.41. The molecule has 4 nitrogen and oxygen atoms in total. The summed E-state index contributed by atoms with van der Waals surface area (Å²) in [6.07, 6.45) is 0. The van der Waals surface area contributed by atoms with Gasteiger partial charge in [0.2, 0.25) is 0 Å². The van der Waals surface area contributed by atoms with Crippen molar-refractivity contribution in [3.63, 3.8) is 0 Å². The van der Waals surface area contributed by atoms with Crippen molar-refractivity contribution in [1.82, 2.24) is 13.7 Å². The van der Waals surface area contributed by atoms with E-state index in [1.807, 2.05) is 6.07 Å². The molecule has 0 aliphatic carbocycles. The van der Waals surface area contributed by atoms with Crippen LogP contribution in [0.15, 0.2) is 205 Å². The van der Waals surface area contributed by atoms with Gasteiger partial charge in [-0.05, 0) is 96.1 Å². The maximum Gasteiger partial charge on any atom is 0.160 e. The van der Waals surface area contributed by atoms with E-state index in [4.69, 9.17) is 4.42 Å². The predicted octanol–water partition coefficient (Wildman–Crippen LogP) is 14.5. The minimum absolute atomic E-state index is 0.903. The molecule has 58 heavy (non-hydrogen) atoms. The Morgan fingerprint density at radius 3 is 1.48 bits per heavy atom. The van der Waals surface area contributed by atoms with Gasteiger partial charge in [-0.15, -0.1) is 0 Å². The third-order valence-electron chi connectivity index (χ3n) is 12.2. The monoisotopic (exact) mass is 739 g/mol. The summed E-state index contributed by atoms with van der Waals surface area (Å²) < 4.78 is 13.9. The van der Waals surface area contributed by atoms with Crippen LogP contribution >= 0.6 is 0 Å². The number of nitrogens with zero attached hydrogens (tertiary/aromatic N) is 3. The number of benzene rings is 9. The van der Waals surface area contributed by atoms with E-state index in [0.29, 0.717) is 0 Å². The van der Waals surface area contributed by atoms with Gasteiger partial charge in [0.25, 0.3) is 0 Å². The molecule has 0 N–H and O–H groups in total. The largest absolute Gasteiger partial charge is 0.454 e. The maximum atomic E-state index is 6.66. The topological polar surface area (TPSA) is 27.9 Å². The van der Waals surface area contributed by atoms with Gasteiger partial charge in [-0.3, -0.25) is 0 Å². The number of hydrogen-bond donors (Lipinski definition) is 0. The smallest absolute Gasteiger partial charge is 0.160 e. The highest BCUT2D eigenvalue weighted by atomic mass is 16.3. The summed E-state index contributed by atoms with van der Waals surface area (Å²) in [4.78, 5) is 0. The minimum Gasteiger partial charge on any atom is -0.454 e. The normalized spacial score (nSPS) is 12.1. The van der Waals surface area contributed by atoms with E-state index >= 15 is 0 Å². The van der Waals surface area contributed by atoms with E-state index < -0.39 is 0 Å².